The van der Waals surface area contributed by atoms with Crippen molar-refractivity contribution in [3.8, 4) is 5.75 Å². The fourth-order valence-corrected chi connectivity index (χ4v) is 1.29. The third kappa shape index (κ3) is 2.33. The van der Waals surface area contributed by atoms with E-state index in [-0.39, 0.29) is 18.2 Å². The van der Waals surface area contributed by atoms with E-state index in [4.69, 9.17) is 0 Å². The van der Waals surface area contributed by atoms with E-state index in [0.717, 1.165) is 5.56 Å². The summed E-state index contributed by atoms with van der Waals surface area (Å²) in [7, 11) is 0. The van der Waals surface area contributed by atoms with E-state index >= 15 is 0 Å². The minimum absolute atomic E-state index is 0. The highest BCUT2D eigenvalue weighted by Crippen LogP contribution is 2.27. The first-order valence-electron chi connectivity index (χ1n) is 4.03. The van der Waals surface area contributed by atoms with Gasteiger partial charge in [-0.25, -0.2) is 0 Å². The molecule has 0 saturated heterocycles. The minimum atomic E-state index is -3.10. The highest BCUT2D eigenvalue weighted by Gasteiger charge is 2.33. The third-order valence-electron chi connectivity index (χ3n) is 1.88. The quantitative estimate of drug-likeness (QED) is 0.725. The summed E-state index contributed by atoms with van der Waals surface area (Å²) in [6.45, 7) is -0.0204. The predicted octanol–water partition coefficient (Wildman–Crippen LogP) is 2.18. The number of para-hydroxylation sites is 1. The van der Waals surface area contributed by atoms with Crippen molar-refractivity contribution in [3.05, 3.63) is 29.8 Å². The van der Waals surface area contributed by atoms with Crippen molar-refractivity contribution < 1.29 is 13.5 Å². The van der Waals surface area contributed by atoms with Crippen LogP contribution in [0.5, 0.6) is 5.75 Å². The number of ether oxygens (including phenoxy) is 1. The number of benzene rings is 1. The highest BCUT2D eigenvalue weighted by molar-refractivity contribution is 5.85. The minimum Gasteiger partial charge on any atom is -0.431 e. The van der Waals surface area contributed by atoms with Crippen LogP contribution in [0.4, 0.5) is 8.78 Å². The Bertz CT molecular complexity index is 319. The predicted molar refractivity (Wildman–Crippen MR) is 51.0 cm³/mol. The zero-order valence-corrected chi connectivity index (χ0v) is 8.11. The second-order valence-corrected chi connectivity index (χ2v) is 2.95. The number of rotatable bonds is 0. The van der Waals surface area contributed by atoms with Crippen LogP contribution in [-0.2, 0) is 6.54 Å². The molecule has 0 spiro atoms. The first-order chi connectivity index (χ1) is 6.17. The maximum Gasteiger partial charge on any atom is 0.410 e. The average Bonchev–Trinajstić information content (AvgIpc) is 2.21. The van der Waals surface area contributed by atoms with Crippen LogP contribution in [0.2, 0.25) is 0 Å². The van der Waals surface area contributed by atoms with Gasteiger partial charge in [0.2, 0.25) is 0 Å². The topological polar surface area (TPSA) is 21.3 Å². The van der Waals surface area contributed by atoms with Gasteiger partial charge in [0.1, 0.15) is 12.3 Å². The molecule has 5 heteroatoms. The van der Waals surface area contributed by atoms with E-state index in [1.165, 1.54) is 0 Å². The van der Waals surface area contributed by atoms with E-state index in [9.17, 15) is 8.78 Å². The molecular weight excluding hydrogens is 212 g/mol. The number of nitrogens with one attached hydrogen (secondary N) is 1. The molecule has 0 radical (unpaired) electrons. The summed E-state index contributed by atoms with van der Waals surface area (Å²) in [6.07, 6.45) is -3.10. The molecular formula is C9H10ClF2NO. The lowest BCUT2D eigenvalue weighted by Gasteiger charge is -2.14. The lowest BCUT2D eigenvalue weighted by molar-refractivity contribution is -0.168. The van der Waals surface area contributed by atoms with Crippen LogP contribution in [0, 0.1) is 0 Å². The standard InChI is InChI=1S/C9H9F2NO.ClH/c10-9(11)6-12-5-7-3-1-2-4-8(7)13-9;/h1-4,12H,5-6H2;1H. The number of hydrogen-bond donors (Lipinski definition) is 1. The van der Waals surface area contributed by atoms with Crippen molar-refractivity contribution in [3.63, 3.8) is 0 Å². The maximum atomic E-state index is 12.9. The summed E-state index contributed by atoms with van der Waals surface area (Å²) in [4.78, 5) is 0. The molecule has 78 valence electrons. The van der Waals surface area contributed by atoms with Crippen LogP contribution in [0.3, 0.4) is 0 Å². The van der Waals surface area contributed by atoms with Crippen molar-refractivity contribution >= 4 is 12.4 Å². The van der Waals surface area contributed by atoms with Crippen molar-refractivity contribution in [2.24, 2.45) is 0 Å². The number of halogens is 3. The second kappa shape index (κ2) is 4.11. The molecule has 1 N–H and O–H groups in total. The first kappa shape index (κ1) is 11.2. The normalized spacial score (nSPS) is 18.4. The summed E-state index contributed by atoms with van der Waals surface area (Å²) >= 11 is 0. The van der Waals surface area contributed by atoms with Crippen LogP contribution in [0.1, 0.15) is 5.56 Å². The Kier molecular flexibility index (Phi) is 3.29. The van der Waals surface area contributed by atoms with E-state index in [0.29, 0.717) is 6.54 Å². The fourth-order valence-electron chi connectivity index (χ4n) is 1.29. The summed E-state index contributed by atoms with van der Waals surface area (Å²) in [5, 5.41) is 2.62. The van der Waals surface area contributed by atoms with Gasteiger partial charge < -0.3 is 10.1 Å². The van der Waals surface area contributed by atoms with Gasteiger partial charge >= 0.3 is 6.11 Å². The van der Waals surface area contributed by atoms with Crippen molar-refractivity contribution in [1.82, 2.24) is 5.32 Å². The van der Waals surface area contributed by atoms with Crippen molar-refractivity contribution in [2.45, 2.75) is 12.7 Å². The molecule has 0 amide bonds. The van der Waals surface area contributed by atoms with Gasteiger partial charge in [-0.3, -0.25) is 0 Å². The van der Waals surface area contributed by atoms with Gasteiger partial charge in [0.15, 0.2) is 0 Å². The molecule has 0 aromatic heterocycles. The zero-order valence-electron chi connectivity index (χ0n) is 7.30. The zero-order chi connectivity index (χ0) is 9.31. The molecule has 0 atom stereocenters. The summed E-state index contributed by atoms with van der Waals surface area (Å²) < 4.78 is 30.3. The Hall–Kier alpha value is -0.870. The van der Waals surface area contributed by atoms with E-state index in [2.05, 4.69) is 10.1 Å². The molecule has 0 saturated carbocycles. The van der Waals surface area contributed by atoms with Crippen LogP contribution >= 0.6 is 12.4 Å². The van der Waals surface area contributed by atoms with E-state index < -0.39 is 12.7 Å². The van der Waals surface area contributed by atoms with Gasteiger partial charge in [0.05, 0.1) is 0 Å². The largest absolute Gasteiger partial charge is 0.431 e. The second-order valence-electron chi connectivity index (χ2n) is 2.95. The summed E-state index contributed by atoms with van der Waals surface area (Å²) in [5.74, 6) is 0.262. The Balaban J connectivity index is 0.000000980. The number of alkyl halides is 2. The van der Waals surface area contributed by atoms with Crippen LogP contribution < -0.4 is 10.1 Å². The molecule has 1 aromatic rings. The molecule has 0 unspecified atom stereocenters. The molecule has 1 aromatic carbocycles. The Labute approximate surface area is 86.7 Å². The molecule has 1 heterocycles. The Morgan fingerprint density at radius 2 is 2.00 bits per heavy atom. The Morgan fingerprint density at radius 1 is 1.29 bits per heavy atom. The van der Waals surface area contributed by atoms with Gasteiger partial charge in [-0.15, -0.1) is 12.4 Å². The highest BCUT2D eigenvalue weighted by atomic mass is 35.5. The maximum absolute atomic E-state index is 12.9. The van der Waals surface area contributed by atoms with Crippen LogP contribution in [0.25, 0.3) is 0 Å². The monoisotopic (exact) mass is 221 g/mol. The summed E-state index contributed by atoms with van der Waals surface area (Å²) in [5.41, 5.74) is 0.764. The van der Waals surface area contributed by atoms with E-state index in [1.807, 2.05) is 0 Å². The van der Waals surface area contributed by atoms with Gasteiger partial charge in [-0.1, -0.05) is 18.2 Å². The van der Waals surface area contributed by atoms with Crippen LogP contribution in [0.15, 0.2) is 24.3 Å². The molecule has 1 aliphatic heterocycles. The molecule has 2 rings (SSSR count). The fraction of sp³-hybridized carbons (Fsp3) is 0.333. The summed E-state index contributed by atoms with van der Waals surface area (Å²) in [6, 6.07) is 6.80. The van der Waals surface area contributed by atoms with E-state index in [1.54, 1.807) is 24.3 Å². The molecule has 0 bridgehead atoms. The molecule has 1 aliphatic rings. The van der Waals surface area contributed by atoms with Gasteiger partial charge in [0, 0.05) is 12.1 Å². The molecule has 0 fully saturated rings. The first-order valence-corrected chi connectivity index (χ1v) is 4.03. The van der Waals surface area contributed by atoms with Gasteiger partial charge in [-0.2, -0.15) is 8.78 Å². The number of fused-ring (bicyclic) bond motifs is 1. The smallest absolute Gasteiger partial charge is 0.410 e. The Morgan fingerprint density at radius 3 is 2.79 bits per heavy atom. The number of hydrogen-bond acceptors (Lipinski definition) is 2. The van der Waals surface area contributed by atoms with Crippen molar-refractivity contribution in [2.75, 3.05) is 6.54 Å². The van der Waals surface area contributed by atoms with Crippen LogP contribution in [-0.4, -0.2) is 12.7 Å². The molecule has 2 nitrogen and oxygen atoms in total. The molecule has 14 heavy (non-hydrogen) atoms. The lowest BCUT2D eigenvalue weighted by atomic mass is 10.2. The van der Waals surface area contributed by atoms with Gasteiger partial charge in [0.25, 0.3) is 0 Å². The average molecular weight is 222 g/mol. The van der Waals surface area contributed by atoms with Crippen molar-refractivity contribution in [1.29, 1.82) is 0 Å². The lowest BCUT2D eigenvalue weighted by Crippen LogP contribution is -2.34. The third-order valence-corrected chi connectivity index (χ3v) is 1.88. The van der Waals surface area contributed by atoms with Gasteiger partial charge in [-0.05, 0) is 6.07 Å². The molecule has 0 aliphatic carbocycles. The SMILES string of the molecule is Cl.FC1(F)CNCc2ccccc2O1.